The molecule has 1 aromatic carbocycles. The summed E-state index contributed by atoms with van der Waals surface area (Å²) in [5.74, 6) is -1.06. The molecule has 140 valence electrons. The highest BCUT2D eigenvalue weighted by Gasteiger charge is 2.19. The first-order valence-corrected chi connectivity index (χ1v) is 8.48. The molecular formula is C17H17F2NO5S. The molecule has 2 N–H and O–H groups in total. The zero-order valence-corrected chi connectivity index (χ0v) is 14.6. The standard InChI is InChI=1S/C17H17F2NO5S/c1-10-9-13(25-17(18)19)15(26-10)16(23)20-11-4-6-12(7-5-11)24-8-2-3-14(21)22/h4-7,9,17H,2-3,8H2,1H3,(H,20,23)(H,21,22). The lowest BCUT2D eigenvalue weighted by atomic mass is 10.3. The van der Waals surface area contributed by atoms with E-state index in [0.29, 0.717) is 22.7 Å². The summed E-state index contributed by atoms with van der Waals surface area (Å²) in [7, 11) is 0. The maximum absolute atomic E-state index is 12.4. The molecule has 0 radical (unpaired) electrons. The number of thiophene rings is 1. The summed E-state index contributed by atoms with van der Waals surface area (Å²) >= 11 is 1.06. The van der Waals surface area contributed by atoms with E-state index in [4.69, 9.17) is 9.84 Å². The first-order chi connectivity index (χ1) is 12.3. The van der Waals surface area contributed by atoms with Crippen LogP contribution in [0.2, 0.25) is 0 Å². The Morgan fingerprint density at radius 1 is 1.27 bits per heavy atom. The number of carbonyl (C=O) groups is 2. The number of halogens is 2. The lowest BCUT2D eigenvalue weighted by Crippen LogP contribution is -2.13. The van der Waals surface area contributed by atoms with Crippen LogP contribution in [0.25, 0.3) is 0 Å². The third kappa shape index (κ3) is 5.99. The van der Waals surface area contributed by atoms with Crippen molar-refractivity contribution in [1.29, 1.82) is 0 Å². The van der Waals surface area contributed by atoms with Gasteiger partial charge in [-0.2, -0.15) is 8.78 Å². The first kappa shape index (κ1) is 19.6. The molecule has 0 spiro atoms. The first-order valence-electron chi connectivity index (χ1n) is 7.66. The highest BCUT2D eigenvalue weighted by Crippen LogP contribution is 2.31. The van der Waals surface area contributed by atoms with Crippen LogP contribution in [-0.4, -0.2) is 30.2 Å². The molecule has 0 aliphatic heterocycles. The molecule has 1 aromatic heterocycles. The Balaban J connectivity index is 1.94. The lowest BCUT2D eigenvalue weighted by Gasteiger charge is -2.09. The second-order valence-electron chi connectivity index (χ2n) is 5.25. The maximum atomic E-state index is 12.4. The molecule has 9 heteroatoms. The van der Waals surface area contributed by atoms with Crippen molar-refractivity contribution in [3.05, 3.63) is 40.1 Å². The lowest BCUT2D eigenvalue weighted by molar-refractivity contribution is -0.137. The molecule has 1 heterocycles. The third-order valence-electron chi connectivity index (χ3n) is 3.16. The summed E-state index contributed by atoms with van der Waals surface area (Å²) in [5, 5.41) is 11.2. The highest BCUT2D eigenvalue weighted by molar-refractivity contribution is 7.14. The molecule has 6 nitrogen and oxygen atoms in total. The zero-order chi connectivity index (χ0) is 19.1. The summed E-state index contributed by atoms with van der Waals surface area (Å²) in [4.78, 5) is 23.4. The van der Waals surface area contributed by atoms with Crippen LogP contribution >= 0.6 is 11.3 Å². The van der Waals surface area contributed by atoms with E-state index in [2.05, 4.69) is 10.1 Å². The molecule has 0 unspecified atom stereocenters. The number of alkyl halides is 2. The maximum Gasteiger partial charge on any atom is 0.387 e. The molecule has 2 aromatic rings. The van der Waals surface area contributed by atoms with Crippen molar-refractivity contribution in [2.75, 3.05) is 11.9 Å². The molecular weight excluding hydrogens is 368 g/mol. The van der Waals surface area contributed by atoms with E-state index in [0.717, 1.165) is 11.3 Å². The number of aryl methyl sites for hydroxylation is 1. The number of hydrogen-bond donors (Lipinski definition) is 2. The molecule has 0 saturated carbocycles. The van der Waals surface area contributed by atoms with E-state index >= 15 is 0 Å². The quantitative estimate of drug-likeness (QED) is 0.634. The number of carboxylic acid groups (broad SMARTS) is 1. The van der Waals surface area contributed by atoms with Gasteiger partial charge in [-0.1, -0.05) is 0 Å². The minimum Gasteiger partial charge on any atom is -0.494 e. The van der Waals surface area contributed by atoms with Gasteiger partial charge in [0.25, 0.3) is 5.91 Å². The van der Waals surface area contributed by atoms with Gasteiger partial charge in [-0.25, -0.2) is 0 Å². The number of hydrogen-bond acceptors (Lipinski definition) is 5. The normalized spacial score (nSPS) is 10.6. The van der Waals surface area contributed by atoms with Crippen molar-refractivity contribution >= 4 is 28.9 Å². The second kappa shape index (κ2) is 9.14. The highest BCUT2D eigenvalue weighted by atomic mass is 32.1. The van der Waals surface area contributed by atoms with Crippen LogP contribution in [0, 0.1) is 6.92 Å². The van der Waals surface area contributed by atoms with Crippen molar-refractivity contribution in [2.45, 2.75) is 26.4 Å². The number of carboxylic acids is 1. The number of carbonyl (C=O) groups excluding carboxylic acids is 1. The minimum absolute atomic E-state index is 0.0252. The van der Waals surface area contributed by atoms with Gasteiger partial charge in [-0.3, -0.25) is 9.59 Å². The average molecular weight is 385 g/mol. The van der Waals surface area contributed by atoms with Gasteiger partial charge < -0.3 is 19.9 Å². The Morgan fingerprint density at radius 3 is 2.58 bits per heavy atom. The van der Waals surface area contributed by atoms with Gasteiger partial charge in [-0.05, 0) is 43.7 Å². The predicted molar refractivity (Wildman–Crippen MR) is 92.4 cm³/mol. The van der Waals surface area contributed by atoms with Gasteiger partial charge >= 0.3 is 12.6 Å². The minimum atomic E-state index is -3.01. The number of rotatable bonds is 9. The van der Waals surface area contributed by atoms with Crippen molar-refractivity contribution < 1.29 is 33.0 Å². The van der Waals surface area contributed by atoms with Gasteiger partial charge in [0.05, 0.1) is 6.61 Å². The second-order valence-corrected chi connectivity index (χ2v) is 6.51. The molecule has 0 saturated heterocycles. The smallest absolute Gasteiger partial charge is 0.387 e. The van der Waals surface area contributed by atoms with E-state index in [9.17, 15) is 18.4 Å². The average Bonchev–Trinajstić information content (AvgIpc) is 2.92. The summed E-state index contributed by atoms with van der Waals surface area (Å²) in [5.41, 5.74) is 0.460. The van der Waals surface area contributed by atoms with Gasteiger partial charge in [0.1, 0.15) is 16.4 Å². The Hall–Kier alpha value is -2.68. The van der Waals surface area contributed by atoms with Crippen LogP contribution < -0.4 is 14.8 Å². The van der Waals surface area contributed by atoms with Gasteiger partial charge in [0, 0.05) is 17.0 Å². The predicted octanol–water partition coefficient (Wildman–Crippen LogP) is 4.15. The van der Waals surface area contributed by atoms with E-state index in [1.54, 1.807) is 31.2 Å². The molecule has 26 heavy (non-hydrogen) atoms. The number of nitrogens with one attached hydrogen (secondary N) is 1. The Bertz CT molecular complexity index is 761. The third-order valence-corrected chi connectivity index (χ3v) is 4.19. The van der Waals surface area contributed by atoms with Crippen LogP contribution in [0.5, 0.6) is 11.5 Å². The van der Waals surface area contributed by atoms with Crippen LogP contribution in [0.15, 0.2) is 30.3 Å². The summed E-state index contributed by atoms with van der Waals surface area (Å²) < 4.78 is 34.6. The van der Waals surface area contributed by atoms with Gasteiger partial charge in [0.15, 0.2) is 0 Å². The molecule has 0 aliphatic rings. The van der Waals surface area contributed by atoms with Crippen molar-refractivity contribution in [2.24, 2.45) is 0 Å². The largest absolute Gasteiger partial charge is 0.494 e. The SMILES string of the molecule is Cc1cc(OC(F)F)c(C(=O)Nc2ccc(OCCCC(=O)O)cc2)s1. The number of anilines is 1. The zero-order valence-electron chi connectivity index (χ0n) is 13.8. The van der Waals surface area contributed by atoms with Gasteiger partial charge in [0.2, 0.25) is 0 Å². The number of ether oxygens (including phenoxy) is 2. The number of benzene rings is 1. The van der Waals surface area contributed by atoms with E-state index in [1.807, 2.05) is 0 Å². The van der Waals surface area contributed by atoms with Crippen LogP contribution in [0.3, 0.4) is 0 Å². The summed E-state index contributed by atoms with van der Waals surface area (Å²) in [6.07, 6.45) is 0.413. The fourth-order valence-electron chi connectivity index (χ4n) is 2.07. The molecule has 0 fully saturated rings. The summed E-state index contributed by atoms with van der Waals surface area (Å²) in [6, 6.07) is 7.82. The van der Waals surface area contributed by atoms with E-state index in [1.165, 1.54) is 6.07 Å². The van der Waals surface area contributed by atoms with Crippen molar-refractivity contribution in [3.8, 4) is 11.5 Å². The number of aliphatic carboxylic acids is 1. The monoisotopic (exact) mass is 385 g/mol. The van der Waals surface area contributed by atoms with Crippen LogP contribution in [0.4, 0.5) is 14.5 Å². The Morgan fingerprint density at radius 2 is 1.96 bits per heavy atom. The van der Waals surface area contributed by atoms with Crippen molar-refractivity contribution in [1.82, 2.24) is 0 Å². The molecule has 2 rings (SSSR count). The van der Waals surface area contributed by atoms with Crippen molar-refractivity contribution in [3.63, 3.8) is 0 Å². The summed E-state index contributed by atoms with van der Waals surface area (Å²) in [6.45, 7) is -1.05. The van der Waals surface area contributed by atoms with Gasteiger partial charge in [-0.15, -0.1) is 11.3 Å². The Labute approximate surface area is 152 Å². The molecule has 0 bridgehead atoms. The molecule has 0 atom stereocenters. The van der Waals surface area contributed by atoms with E-state index in [-0.39, 0.29) is 23.7 Å². The Kier molecular flexibility index (Phi) is 6.90. The van der Waals surface area contributed by atoms with Crippen LogP contribution in [-0.2, 0) is 4.79 Å². The topological polar surface area (TPSA) is 84.9 Å². The fourth-order valence-corrected chi connectivity index (χ4v) is 2.91. The van der Waals surface area contributed by atoms with Crippen LogP contribution in [0.1, 0.15) is 27.4 Å². The molecule has 0 aliphatic carbocycles. The van der Waals surface area contributed by atoms with E-state index < -0.39 is 18.5 Å². The fraction of sp³-hybridized carbons (Fsp3) is 0.294. The molecule has 1 amide bonds. The number of amides is 1.